The first-order valence-electron chi connectivity index (χ1n) is 9.26. The Balaban J connectivity index is 2.13. The molecule has 0 heterocycles. The molecule has 0 fully saturated rings. The van der Waals surface area contributed by atoms with Gasteiger partial charge < -0.3 is 5.11 Å². The van der Waals surface area contributed by atoms with Crippen molar-refractivity contribution >= 4 is 42.4 Å². The Kier molecular flexibility index (Phi) is 6.41. The molecule has 0 aliphatic carbocycles. The lowest BCUT2D eigenvalue weighted by Crippen LogP contribution is -2.00. The highest BCUT2D eigenvalue weighted by Crippen LogP contribution is 2.41. The monoisotopic (exact) mass is 464 g/mol. The molecule has 9 nitrogen and oxygen atoms in total. The number of azo groups is 1. The summed E-state index contributed by atoms with van der Waals surface area (Å²) in [6.07, 6.45) is 3.04. The molecule has 0 saturated carbocycles. The first kappa shape index (κ1) is 22.8. The van der Waals surface area contributed by atoms with Crippen LogP contribution in [-0.2, 0) is 26.7 Å². The largest absolute Gasteiger partial charge is 0.504 e. The highest BCUT2D eigenvalue weighted by atomic mass is 32.2. The van der Waals surface area contributed by atoms with Crippen LogP contribution < -0.4 is 0 Å². The Bertz CT molecular complexity index is 1360. The van der Waals surface area contributed by atoms with Crippen LogP contribution in [0.5, 0.6) is 5.75 Å². The van der Waals surface area contributed by atoms with Crippen molar-refractivity contribution in [3.63, 3.8) is 0 Å². The zero-order valence-electron chi connectivity index (χ0n) is 16.4. The molecule has 0 radical (unpaired) electrons. The van der Waals surface area contributed by atoms with Gasteiger partial charge in [-0.3, -0.25) is 9.11 Å². The van der Waals surface area contributed by atoms with Gasteiger partial charge in [-0.25, -0.2) is 0 Å². The summed E-state index contributed by atoms with van der Waals surface area (Å²) in [4.78, 5) is -1.35. The number of hydrogen-bond donors (Lipinski definition) is 3. The van der Waals surface area contributed by atoms with Gasteiger partial charge in [-0.1, -0.05) is 31.5 Å². The summed E-state index contributed by atoms with van der Waals surface area (Å²) in [5.41, 5.74) is 1.29. The predicted octanol–water partition coefficient (Wildman–Crippen LogP) is 4.80. The van der Waals surface area contributed by atoms with E-state index < -0.39 is 35.8 Å². The van der Waals surface area contributed by atoms with Crippen LogP contribution in [0.2, 0.25) is 0 Å². The van der Waals surface area contributed by atoms with E-state index in [1.54, 1.807) is 12.1 Å². The molecular formula is C20H20N2O7S2. The third-order valence-corrected chi connectivity index (χ3v) is 6.34. The van der Waals surface area contributed by atoms with Gasteiger partial charge in [0, 0.05) is 5.39 Å². The maximum Gasteiger partial charge on any atom is 0.298 e. The number of nitrogens with zero attached hydrogens (tertiary/aromatic N) is 2. The van der Waals surface area contributed by atoms with Gasteiger partial charge >= 0.3 is 0 Å². The molecule has 0 unspecified atom stereocenters. The summed E-state index contributed by atoms with van der Waals surface area (Å²) in [5.74, 6) is -0.835. The fourth-order valence-corrected chi connectivity index (χ4v) is 4.14. The van der Waals surface area contributed by atoms with E-state index >= 15 is 0 Å². The highest BCUT2D eigenvalue weighted by molar-refractivity contribution is 7.86. The average molecular weight is 465 g/mol. The molecule has 0 bridgehead atoms. The van der Waals surface area contributed by atoms with Gasteiger partial charge in [0.05, 0.1) is 10.6 Å². The summed E-state index contributed by atoms with van der Waals surface area (Å²) in [7, 11) is -9.42. The van der Waals surface area contributed by atoms with Crippen LogP contribution in [0.15, 0.2) is 68.6 Å². The number of unbranched alkanes of at least 4 members (excludes halogenated alkanes) is 1. The van der Waals surface area contributed by atoms with Crippen LogP contribution >= 0.6 is 0 Å². The molecule has 0 saturated heterocycles. The molecule has 0 atom stereocenters. The maximum atomic E-state index is 11.7. The van der Waals surface area contributed by atoms with Crippen molar-refractivity contribution < 1.29 is 31.0 Å². The minimum Gasteiger partial charge on any atom is -0.504 e. The standard InChI is InChI=1S/C20H20N2O7S2/c1-2-3-4-13-5-7-15(8-6-13)21-22-19-17-10-9-16(30(24,25)26)11-14(17)12-18(20(19)23)31(27,28)29/h5-12,23H,2-4H2,1H3,(H,24,25,26)(H,27,28,29). The molecule has 0 aromatic heterocycles. The fraction of sp³-hybridized carbons (Fsp3) is 0.200. The Hall–Kier alpha value is -2.86. The first-order valence-corrected chi connectivity index (χ1v) is 12.1. The summed E-state index contributed by atoms with van der Waals surface area (Å²) >= 11 is 0. The first-order chi connectivity index (χ1) is 14.5. The Morgan fingerprint density at radius 2 is 1.55 bits per heavy atom. The number of aryl methyl sites for hydroxylation is 1. The number of hydrogen-bond acceptors (Lipinski definition) is 7. The van der Waals surface area contributed by atoms with Crippen molar-refractivity contribution in [3.8, 4) is 5.75 Å². The molecule has 0 spiro atoms. The van der Waals surface area contributed by atoms with E-state index in [2.05, 4.69) is 17.2 Å². The van der Waals surface area contributed by atoms with Crippen molar-refractivity contribution in [2.45, 2.75) is 36.0 Å². The van der Waals surface area contributed by atoms with Gasteiger partial charge in [0.25, 0.3) is 20.2 Å². The molecule has 0 amide bonds. The van der Waals surface area contributed by atoms with E-state index in [9.17, 15) is 31.0 Å². The SMILES string of the molecule is CCCCc1ccc(N=Nc2c(O)c(S(=O)(=O)O)cc3cc(S(=O)(=O)O)ccc23)cc1. The zero-order chi connectivity index (χ0) is 22.8. The molecule has 3 rings (SSSR count). The summed E-state index contributed by atoms with van der Waals surface area (Å²) in [5, 5.41) is 18.6. The zero-order valence-corrected chi connectivity index (χ0v) is 18.1. The van der Waals surface area contributed by atoms with Gasteiger partial charge in [-0.15, -0.1) is 5.11 Å². The second-order valence-corrected chi connectivity index (χ2v) is 9.69. The third kappa shape index (κ3) is 5.25. The second-order valence-electron chi connectivity index (χ2n) is 6.87. The summed E-state index contributed by atoms with van der Waals surface area (Å²) in [6.45, 7) is 2.10. The van der Waals surface area contributed by atoms with Crippen LogP contribution in [0.3, 0.4) is 0 Å². The van der Waals surface area contributed by atoms with Crippen LogP contribution in [0.1, 0.15) is 25.3 Å². The molecule has 0 aliphatic rings. The van der Waals surface area contributed by atoms with Gasteiger partial charge in [0.2, 0.25) is 0 Å². The fourth-order valence-electron chi connectivity index (χ4n) is 3.01. The maximum absolute atomic E-state index is 11.7. The van der Waals surface area contributed by atoms with Crippen molar-refractivity contribution in [1.29, 1.82) is 0 Å². The molecule has 164 valence electrons. The highest BCUT2D eigenvalue weighted by Gasteiger charge is 2.22. The van der Waals surface area contributed by atoms with Gasteiger partial charge in [0.15, 0.2) is 5.75 Å². The lowest BCUT2D eigenvalue weighted by atomic mass is 10.1. The molecule has 0 aliphatic heterocycles. The number of phenols is 1. The van der Waals surface area contributed by atoms with Gasteiger partial charge in [-0.05, 0) is 54.1 Å². The van der Waals surface area contributed by atoms with Crippen molar-refractivity contribution in [3.05, 3.63) is 54.1 Å². The molecule has 11 heteroatoms. The second kappa shape index (κ2) is 8.71. The topological polar surface area (TPSA) is 154 Å². The normalized spacial score (nSPS) is 12.6. The molecular weight excluding hydrogens is 444 g/mol. The van der Waals surface area contributed by atoms with Crippen molar-refractivity contribution in [2.75, 3.05) is 0 Å². The predicted molar refractivity (Wildman–Crippen MR) is 114 cm³/mol. The van der Waals surface area contributed by atoms with E-state index in [0.717, 1.165) is 43.0 Å². The van der Waals surface area contributed by atoms with E-state index in [-0.39, 0.29) is 16.5 Å². The lowest BCUT2D eigenvalue weighted by Gasteiger charge is -2.09. The smallest absolute Gasteiger partial charge is 0.298 e. The molecule has 3 N–H and O–H groups in total. The average Bonchev–Trinajstić information content (AvgIpc) is 2.70. The summed E-state index contributed by atoms with van der Waals surface area (Å²) in [6, 6.07) is 11.4. The number of fused-ring (bicyclic) bond motifs is 1. The van der Waals surface area contributed by atoms with Crippen LogP contribution in [0.4, 0.5) is 11.4 Å². The van der Waals surface area contributed by atoms with Crippen LogP contribution in [-0.4, -0.2) is 31.0 Å². The minimum absolute atomic E-state index is 0.00409. The minimum atomic E-state index is -4.86. The Labute approximate surface area is 179 Å². The van der Waals surface area contributed by atoms with E-state index in [0.29, 0.717) is 5.69 Å². The molecule has 3 aromatic rings. The van der Waals surface area contributed by atoms with Crippen molar-refractivity contribution in [2.24, 2.45) is 10.2 Å². The van der Waals surface area contributed by atoms with Crippen molar-refractivity contribution in [1.82, 2.24) is 0 Å². The third-order valence-electron chi connectivity index (χ3n) is 4.62. The van der Waals surface area contributed by atoms with Crippen LogP contribution in [0.25, 0.3) is 10.8 Å². The van der Waals surface area contributed by atoms with Gasteiger partial charge in [0.1, 0.15) is 10.6 Å². The van der Waals surface area contributed by atoms with E-state index in [4.69, 9.17) is 0 Å². The van der Waals surface area contributed by atoms with Crippen LogP contribution in [0, 0.1) is 0 Å². The summed E-state index contributed by atoms with van der Waals surface area (Å²) < 4.78 is 64.9. The number of rotatable bonds is 7. The van der Waals surface area contributed by atoms with E-state index in [1.165, 1.54) is 6.07 Å². The lowest BCUT2D eigenvalue weighted by molar-refractivity contribution is 0.445. The number of aromatic hydroxyl groups is 1. The Morgan fingerprint density at radius 3 is 2.13 bits per heavy atom. The number of benzene rings is 3. The number of phenolic OH excluding ortho intramolecular Hbond substituents is 1. The molecule has 3 aromatic carbocycles. The quantitative estimate of drug-likeness (QED) is 0.335. The van der Waals surface area contributed by atoms with E-state index in [1.807, 2.05) is 12.1 Å². The molecule has 31 heavy (non-hydrogen) atoms. The van der Waals surface area contributed by atoms with Gasteiger partial charge in [-0.2, -0.15) is 21.9 Å². The Morgan fingerprint density at radius 1 is 0.871 bits per heavy atom.